The van der Waals surface area contributed by atoms with E-state index in [0.717, 1.165) is 12.8 Å². The number of nitrogens with one attached hydrogen (secondary N) is 1. The second-order valence-corrected chi connectivity index (χ2v) is 5.13. The molecule has 0 bridgehead atoms. The molecule has 1 heterocycles. The Morgan fingerprint density at radius 2 is 2.11 bits per heavy atom. The predicted octanol–water partition coefficient (Wildman–Crippen LogP) is 4.09. The third-order valence-electron chi connectivity index (χ3n) is 2.65. The molecule has 3 nitrogen and oxygen atoms in total. The van der Waals surface area contributed by atoms with Gasteiger partial charge in [-0.25, -0.2) is 4.98 Å². The summed E-state index contributed by atoms with van der Waals surface area (Å²) in [5.41, 5.74) is 0.187. The van der Waals surface area contributed by atoms with E-state index < -0.39 is 0 Å². The van der Waals surface area contributed by atoms with E-state index in [1.807, 2.05) is 6.92 Å². The zero-order valence-electron chi connectivity index (χ0n) is 10.7. The Bertz CT molecular complexity index is 410. The molecule has 1 atom stereocenters. The number of carbonyl (C=O) groups is 1. The largest absolute Gasteiger partial charge is 0.348 e. The number of carbonyl (C=O) groups excluding carboxylic acids is 1. The van der Waals surface area contributed by atoms with Gasteiger partial charge in [0.25, 0.3) is 5.91 Å². The van der Waals surface area contributed by atoms with Crippen LogP contribution in [0.25, 0.3) is 0 Å². The summed E-state index contributed by atoms with van der Waals surface area (Å²) in [5, 5.41) is 3.46. The van der Waals surface area contributed by atoms with Crippen LogP contribution in [-0.4, -0.2) is 16.9 Å². The van der Waals surface area contributed by atoms with Crippen LogP contribution < -0.4 is 5.32 Å². The smallest absolute Gasteiger partial charge is 0.271 e. The van der Waals surface area contributed by atoms with Gasteiger partial charge in [0.05, 0.1) is 5.02 Å². The molecule has 0 saturated heterocycles. The van der Waals surface area contributed by atoms with E-state index in [9.17, 15) is 4.79 Å². The molecule has 0 spiro atoms. The highest BCUT2D eigenvalue weighted by Gasteiger charge is 2.14. The highest BCUT2D eigenvalue weighted by atomic mass is 35.5. The number of rotatable bonds is 6. The van der Waals surface area contributed by atoms with Gasteiger partial charge >= 0.3 is 0 Å². The number of nitrogens with zero attached hydrogens (tertiary/aromatic N) is 1. The number of aromatic nitrogens is 1. The van der Waals surface area contributed by atoms with E-state index in [1.165, 1.54) is 12.8 Å². The molecule has 0 radical (unpaired) electrons. The molecule has 100 valence electrons. The van der Waals surface area contributed by atoms with Crippen molar-refractivity contribution < 1.29 is 4.79 Å². The average Bonchev–Trinajstić information content (AvgIpc) is 2.32. The lowest BCUT2D eigenvalue weighted by atomic mass is 10.1. The van der Waals surface area contributed by atoms with Gasteiger partial charge in [-0.05, 0) is 25.5 Å². The summed E-state index contributed by atoms with van der Waals surface area (Å²) in [4.78, 5) is 15.9. The fourth-order valence-electron chi connectivity index (χ4n) is 1.64. The van der Waals surface area contributed by atoms with Crippen LogP contribution in [0.4, 0.5) is 0 Å². The molecule has 0 aliphatic heterocycles. The summed E-state index contributed by atoms with van der Waals surface area (Å²) in [7, 11) is 0. The summed E-state index contributed by atoms with van der Waals surface area (Å²) in [6.45, 7) is 4.13. The van der Waals surface area contributed by atoms with Crippen LogP contribution in [0.2, 0.25) is 10.2 Å². The predicted molar refractivity (Wildman–Crippen MR) is 75.3 cm³/mol. The Balaban J connectivity index is 2.56. The van der Waals surface area contributed by atoms with E-state index in [4.69, 9.17) is 23.2 Å². The SMILES string of the molecule is CCCCCC(C)NC(=O)c1nc(Cl)ccc1Cl. The van der Waals surface area contributed by atoms with Crippen molar-refractivity contribution in [2.75, 3.05) is 0 Å². The van der Waals surface area contributed by atoms with E-state index in [1.54, 1.807) is 12.1 Å². The lowest BCUT2D eigenvalue weighted by Gasteiger charge is -2.13. The number of unbranched alkanes of at least 4 members (excludes halogenated alkanes) is 2. The maximum Gasteiger partial charge on any atom is 0.271 e. The average molecular weight is 289 g/mol. The molecule has 18 heavy (non-hydrogen) atoms. The van der Waals surface area contributed by atoms with Crippen LogP contribution >= 0.6 is 23.2 Å². The molecule has 1 amide bonds. The summed E-state index contributed by atoms with van der Waals surface area (Å²) < 4.78 is 0. The maximum atomic E-state index is 11.9. The Morgan fingerprint density at radius 1 is 1.39 bits per heavy atom. The summed E-state index contributed by atoms with van der Waals surface area (Å²) >= 11 is 11.7. The Kier molecular flexibility index (Phi) is 6.44. The standard InChI is InChI=1S/C13H18Cl2N2O/c1-3-4-5-6-9(2)16-13(18)12-10(14)7-8-11(15)17-12/h7-9H,3-6H2,1-2H3,(H,16,18). The molecular weight excluding hydrogens is 271 g/mol. The summed E-state index contributed by atoms with van der Waals surface area (Å²) in [6, 6.07) is 3.25. The van der Waals surface area contributed by atoms with Crippen molar-refractivity contribution in [1.29, 1.82) is 0 Å². The van der Waals surface area contributed by atoms with Crippen LogP contribution in [-0.2, 0) is 0 Å². The van der Waals surface area contributed by atoms with Crippen molar-refractivity contribution in [2.45, 2.75) is 45.6 Å². The fraction of sp³-hybridized carbons (Fsp3) is 0.538. The Morgan fingerprint density at radius 3 is 2.78 bits per heavy atom. The van der Waals surface area contributed by atoms with E-state index in [0.29, 0.717) is 5.02 Å². The first-order chi connectivity index (χ1) is 8.54. The molecular formula is C13H18Cl2N2O. The van der Waals surface area contributed by atoms with Crippen molar-refractivity contribution >= 4 is 29.1 Å². The number of amides is 1. The summed E-state index contributed by atoms with van der Waals surface area (Å²) in [5.74, 6) is -0.272. The van der Waals surface area contributed by atoms with E-state index in [2.05, 4.69) is 17.2 Å². The van der Waals surface area contributed by atoms with Crippen LogP contribution in [0, 0.1) is 0 Å². The minimum atomic E-state index is -0.272. The quantitative estimate of drug-likeness (QED) is 0.633. The van der Waals surface area contributed by atoms with Gasteiger partial charge in [-0.3, -0.25) is 4.79 Å². The van der Waals surface area contributed by atoms with E-state index in [-0.39, 0.29) is 22.8 Å². The van der Waals surface area contributed by atoms with Gasteiger partial charge in [0.15, 0.2) is 0 Å². The first-order valence-electron chi connectivity index (χ1n) is 6.17. The third kappa shape index (κ3) is 4.83. The van der Waals surface area contributed by atoms with Gasteiger partial charge in [0.2, 0.25) is 0 Å². The normalized spacial score (nSPS) is 12.2. The fourth-order valence-corrected chi connectivity index (χ4v) is 1.98. The second kappa shape index (κ2) is 7.59. The number of hydrogen-bond acceptors (Lipinski definition) is 2. The number of hydrogen-bond donors (Lipinski definition) is 1. The van der Waals surface area contributed by atoms with Crippen molar-refractivity contribution in [3.8, 4) is 0 Å². The molecule has 0 aliphatic rings. The zero-order valence-corrected chi connectivity index (χ0v) is 12.2. The van der Waals surface area contributed by atoms with Crippen molar-refractivity contribution in [2.24, 2.45) is 0 Å². The second-order valence-electron chi connectivity index (χ2n) is 4.33. The van der Waals surface area contributed by atoms with Crippen LogP contribution in [0.3, 0.4) is 0 Å². The van der Waals surface area contributed by atoms with E-state index >= 15 is 0 Å². The molecule has 1 N–H and O–H groups in total. The monoisotopic (exact) mass is 288 g/mol. The first kappa shape index (κ1) is 15.3. The van der Waals surface area contributed by atoms with Gasteiger partial charge in [-0.2, -0.15) is 0 Å². The molecule has 1 aromatic heterocycles. The zero-order chi connectivity index (χ0) is 13.5. The van der Waals surface area contributed by atoms with Crippen molar-refractivity contribution in [1.82, 2.24) is 10.3 Å². The molecule has 1 unspecified atom stereocenters. The maximum absolute atomic E-state index is 11.9. The molecule has 1 rings (SSSR count). The highest BCUT2D eigenvalue weighted by molar-refractivity contribution is 6.34. The van der Waals surface area contributed by atoms with Crippen LogP contribution in [0.15, 0.2) is 12.1 Å². The molecule has 1 aromatic rings. The molecule has 0 aromatic carbocycles. The van der Waals surface area contributed by atoms with Gasteiger partial charge in [0, 0.05) is 6.04 Å². The minimum Gasteiger partial charge on any atom is -0.348 e. The first-order valence-corrected chi connectivity index (χ1v) is 6.93. The molecule has 0 fully saturated rings. The van der Waals surface area contributed by atoms with Gasteiger partial charge in [0.1, 0.15) is 10.8 Å². The third-order valence-corrected chi connectivity index (χ3v) is 3.16. The van der Waals surface area contributed by atoms with Gasteiger partial charge in [-0.1, -0.05) is 49.4 Å². The van der Waals surface area contributed by atoms with Gasteiger partial charge in [-0.15, -0.1) is 0 Å². The lowest BCUT2D eigenvalue weighted by Crippen LogP contribution is -2.33. The molecule has 0 saturated carbocycles. The van der Waals surface area contributed by atoms with Crippen molar-refractivity contribution in [3.63, 3.8) is 0 Å². The van der Waals surface area contributed by atoms with Crippen molar-refractivity contribution in [3.05, 3.63) is 28.0 Å². The minimum absolute atomic E-state index is 0.112. The molecule has 0 aliphatic carbocycles. The molecule has 5 heteroatoms. The van der Waals surface area contributed by atoms with Gasteiger partial charge < -0.3 is 5.32 Å². The summed E-state index contributed by atoms with van der Waals surface area (Å²) in [6.07, 6.45) is 4.41. The number of halogens is 2. The van der Waals surface area contributed by atoms with Crippen LogP contribution in [0.1, 0.15) is 50.0 Å². The number of pyridine rings is 1. The lowest BCUT2D eigenvalue weighted by molar-refractivity contribution is 0.0933. The Hall–Kier alpha value is -0.800. The highest BCUT2D eigenvalue weighted by Crippen LogP contribution is 2.17. The van der Waals surface area contributed by atoms with Crippen LogP contribution in [0.5, 0.6) is 0 Å². The topological polar surface area (TPSA) is 42.0 Å². The Labute approximate surface area is 118 Å².